The van der Waals surface area contributed by atoms with Gasteiger partial charge in [-0.2, -0.15) is 0 Å². The number of para-hydroxylation sites is 3. The minimum absolute atomic E-state index is 0.241. The lowest BCUT2D eigenvalue weighted by molar-refractivity contribution is 0.0757. The Kier molecular flexibility index (Phi) is 10.9. The van der Waals surface area contributed by atoms with Crippen LogP contribution in [0.3, 0.4) is 0 Å². The Morgan fingerprint density at radius 3 is 1.28 bits per heavy atom. The lowest BCUT2D eigenvalue weighted by Crippen LogP contribution is -2.15. The van der Waals surface area contributed by atoms with E-state index in [1.54, 1.807) is 6.07 Å². The summed E-state index contributed by atoms with van der Waals surface area (Å²) < 4.78 is 27.4. The van der Waals surface area contributed by atoms with E-state index in [0.29, 0.717) is 34.3 Å². The van der Waals surface area contributed by atoms with Gasteiger partial charge in [0.2, 0.25) is 5.75 Å². The van der Waals surface area contributed by atoms with Gasteiger partial charge >= 0.3 is 5.97 Å². The van der Waals surface area contributed by atoms with E-state index < -0.39 is 16.3 Å². The van der Waals surface area contributed by atoms with E-state index >= 15 is 4.79 Å². The summed E-state index contributed by atoms with van der Waals surface area (Å²) in [5.41, 5.74) is 3.66. The first-order valence-electron chi connectivity index (χ1n) is 18.7. The van der Waals surface area contributed by atoms with E-state index in [2.05, 4.69) is 62.4 Å². The standard InChI is InChI=1S/C51H40O5S/c1-37-28-32-44(33-29-37)57(43-26-16-7-17-27-43,45-34-30-38(2)31-35-45)56-51(52)46-36-47(53-40-20-10-4-11-21-40)49(54-41-22-12-5-13-23-41)50(55-42-24-14-6-15-25-42)48(46)39-18-8-3-9-19-39/h3-36H,1-2H3. The summed E-state index contributed by atoms with van der Waals surface area (Å²) in [7, 11) is -2.68. The number of carbonyl (C=O) groups excluding carboxylic acids is 1. The Hall–Kier alpha value is -7.02. The summed E-state index contributed by atoms with van der Waals surface area (Å²) in [6.07, 6.45) is 0. The smallest absolute Gasteiger partial charge is 0.350 e. The minimum Gasteiger partial charge on any atom is -0.453 e. The van der Waals surface area contributed by atoms with Gasteiger partial charge in [0.25, 0.3) is 0 Å². The fraction of sp³-hybridized carbons (Fsp3) is 0.0392. The van der Waals surface area contributed by atoms with E-state index in [1.165, 1.54) is 0 Å². The summed E-state index contributed by atoms with van der Waals surface area (Å²) in [5, 5.41) is 0. The Morgan fingerprint density at radius 1 is 0.421 bits per heavy atom. The molecule has 0 aromatic heterocycles. The molecule has 8 aromatic carbocycles. The third kappa shape index (κ3) is 8.04. The Labute approximate surface area is 335 Å². The molecular formula is C51H40O5S. The number of hydrogen-bond donors (Lipinski definition) is 0. The van der Waals surface area contributed by atoms with Gasteiger partial charge in [0.1, 0.15) is 17.2 Å². The monoisotopic (exact) mass is 764 g/mol. The average Bonchev–Trinajstić information content (AvgIpc) is 3.26. The predicted molar refractivity (Wildman–Crippen MR) is 228 cm³/mol. The molecule has 0 aliphatic carbocycles. The largest absolute Gasteiger partial charge is 0.453 e. The van der Waals surface area contributed by atoms with Crippen molar-refractivity contribution in [1.82, 2.24) is 0 Å². The van der Waals surface area contributed by atoms with Gasteiger partial charge in [0.15, 0.2) is 11.5 Å². The fourth-order valence-corrected chi connectivity index (χ4v) is 9.55. The zero-order valence-corrected chi connectivity index (χ0v) is 32.4. The summed E-state index contributed by atoms with van der Waals surface area (Å²) in [6, 6.07) is 66.2. The molecule has 280 valence electrons. The van der Waals surface area contributed by atoms with Crippen LogP contribution in [-0.4, -0.2) is 5.97 Å². The van der Waals surface area contributed by atoms with Crippen molar-refractivity contribution in [2.75, 3.05) is 0 Å². The quantitative estimate of drug-likeness (QED) is 0.124. The molecule has 57 heavy (non-hydrogen) atoms. The van der Waals surface area contributed by atoms with Crippen LogP contribution in [0.2, 0.25) is 0 Å². The fourth-order valence-electron chi connectivity index (χ4n) is 6.55. The molecule has 0 aliphatic heterocycles. The van der Waals surface area contributed by atoms with Crippen LogP contribution in [0.15, 0.2) is 221 Å². The highest BCUT2D eigenvalue weighted by Crippen LogP contribution is 2.69. The van der Waals surface area contributed by atoms with Crippen molar-refractivity contribution in [2.24, 2.45) is 0 Å². The van der Waals surface area contributed by atoms with E-state index in [9.17, 15) is 0 Å². The van der Waals surface area contributed by atoms with Crippen LogP contribution in [0.5, 0.6) is 34.5 Å². The van der Waals surface area contributed by atoms with Crippen molar-refractivity contribution in [2.45, 2.75) is 28.5 Å². The van der Waals surface area contributed by atoms with Gasteiger partial charge in [-0.25, -0.2) is 4.79 Å². The molecule has 0 amide bonds. The SMILES string of the molecule is Cc1ccc(S(OC(=O)c2cc(Oc3ccccc3)c(Oc3ccccc3)c(Oc3ccccc3)c2-c2ccccc2)(c2ccccc2)c2ccc(C)cc2)cc1. The molecule has 0 heterocycles. The van der Waals surface area contributed by atoms with Crippen LogP contribution < -0.4 is 14.2 Å². The van der Waals surface area contributed by atoms with Crippen LogP contribution in [0, 0.1) is 13.8 Å². The van der Waals surface area contributed by atoms with Crippen LogP contribution in [0.4, 0.5) is 0 Å². The van der Waals surface area contributed by atoms with Gasteiger partial charge in [-0.1, -0.05) is 139 Å². The second-order valence-corrected chi connectivity index (χ2v) is 16.1. The van der Waals surface area contributed by atoms with E-state index in [-0.39, 0.29) is 11.3 Å². The molecule has 0 radical (unpaired) electrons. The molecule has 0 saturated heterocycles. The number of ether oxygens (including phenoxy) is 3. The van der Waals surface area contributed by atoms with E-state index in [0.717, 1.165) is 31.4 Å². The highest BCUT2D eigenvalue weighted by Gasteiger charge is 2.38. The molecule has 0 spiro atoms. The van der Waals surface area contributed by atoms with Crippen molar-refractivity contribution >= 4 is 16.3 Å². The molecular weight excluding hydrogens is 725 g/mol. The van der Waals surface area contributed by atoms with E-state index in [1.807, 2.05) is 152 Å². The third-order valence-electron chi connectivity index (χ3n) is 9.36. The maximum absolute atomic E-state index is 15.6. The highest BCUT2D eigenvalue weighted by atomic mass is 32.3. The van der Waals surface area contributed by atoms with Crippen molar-refractivity contribution < 1.29 is 23.2 Å². The van der Waals surface area contributed by atoms with Crippen molar-refractivity contribution in [3.8, 4) is 45.6 Å². The van der Waals surface area contributed by atoms with Gasteiger partial charge in [-0.05, 0) is 103 Å². The average molecular weight is 765 g/mol. The molecule has 0 atom stereocenters. The first-order chi connectivity index (χ1) is 28.0. The first-order valence-corrected chi connectivity index (χ1v) is 20.2. The highest BCUT2D eigenvalue weighted by molar-refractivity contribution is 8.30. The number of carbonyl (C=O) groups is 1. The normalized spacial score (nSPS) is 11.3. The zero-order valence-electron chi connectivity index (χ0n) is 31.6. The number of aryl methyl sites for hydroxylation is 2. The minimum atomic E-state index is -2.68. The van der Waals surface area contributed by atoms with Gasteiger partial charge in [-0.3, -0.25) is 0 Å². The lowest BCUT2D eigenvalue weighted by atomic mass is 9.97. The topological polar surface area (TPSA) is 54.0 Å². The molecule has 0 saturated carbocycles. The summed E-state index contributed by atoms with van der Waals surface area (Å²) in [6.45, 7) is 4.10. The van der Waals surface area contributed by atoms with Crippen molar-refractivity contribution in [3.05, 3.63) is 223 Å². The van der Waals surface area contributed by atoms with Crippen LogP contribution in [0.1, 0.15) is 21.5 Å². The molecule has 0 N–H and O–H groups in total. The lowest BCUT2D eigenvalue weighted by Gasteiger charge is -2.40. The maximum atomic E-state index is 15.6. The van der Waals surface area contributed by atoms with Crippen molar-refractivity contribution in [1.29, 1.82) is 0 Å². The maximum Gasteiger partial charge on any atom is 0.350 e. The second-order valence-electron chi connectivity index (χ2n) is 13.4. The second kappa shape index (κ2) is 16.8. The molecule has 6 heteroatoms. The molecule has 8 rings (SSSR count). The van der Waals surface area contributed by atoms with Gasteiger partial charge in [0.05, 0.1) is 5.56 Å². The van der Waals surface area contributed by atoms with Gasteiger partial charge < -0.3 is 18.4 Å². The van der Waals surface area contributed by atoms with Gasteiger partial charge in [0, 0.05) is 26.3 Å². The molecule has 0 bridgehead atoms. The molecule has 0 aliphatic rings. The Morgan fingerprint density at radius 2 is 0.807 bits per heavy atom. The van der Waals surface area contributed by atoms with E-state index in [4.69, 9.17) is 18.4 Å². The predicted octanol–water partition coefficient (Wildman–Crippen LogP) is 14.4. The first kappa shape index (κ1) is 36.9. The molecule has 0 fully saturated rings. The number of benzene rings is 8. The summed E-state index contributed by atoms with van der Waals surface area (Å²) >= 11 is 0. The van der Waals surface area contributed by atoms with Crippen LogP contribution >= 0.6 is 10.3 Å². The zero-order chi connectivity index (χ0) is 39.0. The number of rotatable bonds is 12. The molecule has 5 nitrogen and oxygen atoms in total. The molecule has 8 aromatic rings. The Balaban J connectivity index is 1.42. The summed E-state index contributed by atoms with van der Waals surface area (Å²) in [5.74, 6) is 1.97. The summed E-state index contributed by atoms with van der Waals surface area (Å²) in [4.78, 5) is 18.3. The third-order valence-corrected chi connectivity index (χ3v) is 12.6. The van der Waals surface area contributed by atoms with Crippen LogP contribution in [0.25, 0.3) is 11.1 Å². The van der Waals surface area contributed by atoms with Crippen LogP contribution in [-0.2, 0) is 4.18 Å². The molecule has 0 unspecified atom stereocenters. The van der Waals surface area contributed by atoms with Crippen molar-refractivity contribution in [3.63, 3.8) is 0 Å². The Bertz CT molecular complexity index is 2520. The number of hydrogen-bond acceptors (Lipinski definition) is 5. The van der Waals surface area contributed by atoms with Gasteiger partial charge in [-0.15, -0.1) is 0 Å².